The summed E-state index contributed by atoms with van der Waals surface area (Å²) in [5.74, 6) is 0.508. The van der Waals surface area contributed by atoms with Crippen molar-refractivity contribution in [2.75, 3.05) is 0 Å². The summed E-state index contributed by atoms with van der Waals surface area (Å²) in [6.45, 7) is 1.79. The van der Waals surface area contributed by atoms with Gasteiger partial charge in [-0.1, -0.05) is 42.5 Å². The molecule has 0 aliphatic heterocycles. The van der Waals surface area contributed by atoms with E-state index >= 15 is 0 Å². The molecule has 26 heavy (non-hydrogen) atoms. The zero-order chi connectivity index (χ0) is 17.5. The number of halogens is 1. The largest absolute Gasteiger partial charge is 0.471 e. The van der Waals surface area contributed by atoms with Crippen LogP contribution in [0, 0.1) is 0 Å². The molecule has 2 aromatic carbocycles. The molecular weight excluding hydrogens is 348 g/mol. The Morgan fingerprint density at radius 1 is 0.962 bits per heavy atom. The smallest absolute Gasteiger partial charge is 0.254 e. The second kappa shape index (κ2) is 9.59. The molecule has 0 saturated heterocycles. The third kappa shape index (κ3) is 5.60. The topological polar surface area (TPSA) is 51.2 Å². The molecule has 0 radical (unpaired) electrons. The summed E-state index contributed by atoms with van der Waals surface area (Å²) in [5.41, 5.74) is 3.03. The maximum atomic E-state index is 12.3. The van der Waals surface area contributed by atoms with Crippen molar-refractivity contribution in [3.05, 3.63) is 95.8 Å². The van der Waals surface area contributed by atoms with Crippen LogP contribution in [0.4, 0.5) is 0 Å². The Kier molecular flexibility index (Phi) is 7.18. The zero-order valence-electron chi connectivity index (χ0n) is 14.5. The number of carbonyl (C=O) groups excluding carboxylic acids is 1. The number of hydrogen-bond donors (Lipinski definition) is 1. The van der Waals surface area contributed by atoms with Crippen molar-refractivity contribution >= 4 is 18.3 Å². The number of pyridine rings is 1. The normalized spacial score (nSPS) is 11.1. The van der Waals surface area contributed by atoms with Crippen molar-refractivity contribution in [3.8, 4) is 5.75 Å². The van der Waals surface area contributed by atoms with Gasteiger partial charge in [-0.2, -0.15) is 0 Å². The number of nitrogens with one attached hydrogen (secondary N) is 1. The fourth-order valence-corrected chi connectivity index (χ4v) is 2.52. The van der Waals surface area contributed by atoms with Crippen LogP contribution in [0.1, 0.15) is 28.4 Å². The van der Waals surface area contributed by atoms with Crippen LogP contribution >= 0.6 is 12.4 Å². The van der Waals surface area contributed by atoms with E-state index in [2.05, 4.69) is 22.4 Å². The molecule has 134 valence electrons. The van der Waals surface area contributed by atoms with Gasteiger partial charge in [0.2, 0.25) is 0 Å². The van der Waals surface area contributed by atoms with Crippen LogP contribution in [0.25, 0.3) is 0 Å². The average molecular weight is 369 g/mol. The third-order valence-electron chi connectivity index (χ3n) is 3.76. The first kappa shape index (κ1) is 19.5. The molecular formula is C21H21ClN2O2. The number of ether oxygens (including phenoxy) is 1. The number of nitrogens with zero attached hydrogens (tertiary/aromatic N) is 1. The predicted octanol–water partition coefficient (Wildman–Crippen LogP) is 4.25. The second-order valence-corrected chi connectivity index (χ2v) is 5.78. The lowest BCUT2D eigenvalue weighted by Crippen LogP contribution is -2.36. The van der Waals surface area contributed by atoms with E-state index in [0.717, 1.165) is 6.42 Å². The van der Waals surface area contributed by atoms with Crippen LogP contribution in [0.15, 0.2) is 79.1 Å². The molecule has 1 heterocycles. The zero-order valence-corrected chi connectivity index (χ0v) is 15.3. The van der Waals surface area contributed by atoms with Crippen LogP contribution in [0.3, 0.4) is 0 Å². The van der Waals surface area contributed by atoms with Crippen LogP contribution in [-0.2, 0) is 6.42 Å². The van der Waals surface area contributed by atoms with Gasteiger partial charge in [-0.15, -0.1) is 12.4 Å². The van der Waals surface area contributed by atoms with E-state index in [4.69, 9.17) is 4.74 Å². The highest BCUT2D eigenvalue weighted by Gasteiger charge is 2.10. The fourth-order valence-electron chi connectivity index (χ4n) is 2.52. The van der Waals surface area contributed by atoms with E-state index in [1.165, 1.54) is 11.1 Å². The van der Waals surface area contributed by atoms with E-state index in [-0.39, 0.29) is 18.3 Å². The predicted molar refractivity (Wildman–Crippen MR) is 105 cm³/mol. The Bertz CT molecular complexity index is 808. The molecule has 1 aromatic heterocycles. The van der Waals surface area contributed by atoms with Gasteiger partial charge < -0.3 is 10.1 Å². The Labute approximate surface area is 159 Å². The number of benzene rings is 2. The van der Waals surface area contributed by atoms with Gasteiger partial charge in [0.05, 0.1) is 0 Å². The minimum absolute atomic E-state index is 0. The summed E-state index contributed by atoms with van der Waals surface area (Å²) in [4.78, 5) is 16.2. The summed E-state index contributed by atoms with van der Waals surface area (Å²) < 4.78 is 5.64. The molecule has 1 amide bonds. The number of aromatic nitrogens is 1. The first-order valence-electron chi connectivity index (χ1n) is 8.21. The molecule has 3 rings (SSSR count). The van der Waals surface area contributed by atoms with Gasteiger partial charge in [-0.05, 0) is 48.7 Å². The van der Waals surface area contributed by atoms with Crippen molar-refractivity contribution in [1.29, 1.82) is 0 Å². The first-order chi connectivity index (χ1) is 12.2. The molecule has 0 aliphatic rings. The van der Waals surface area contributed by atoms with E-state index in [1.807, 2.05) is 42.5 Å². The van der Waals surface area contributed by atoms with Gasteiger partial charge in [-0.3, -0.25) is 9.78 Å². The summed E-state index contributed by atoms with van der Waals surface area (Å²) in [6, 6.07) is 21.4. The van der Waals surface area contributed by atoms with E-state index in [0.29, 0.717) is 11.3 Å². The molecule has 0 saturated carbocycles. The average Bonchev–Trinajstić information content (AvgIpc) is 2.64. The lowest BCUT2D eigenvalue weighted by atomic mass is 10.0. The monoisotopic (exact) mass is 368 g/mol. The lowest BCUT2D eigenvalue weighted by Gasteiger charge is -2.16. The number of hydrogen-bond acceptors (Lipinski definition) is 3. The van der Waals surface area contributed by atoms with E-state index < -0.39 is 6.23 Å². The highest BCUT2D eigenvalue weighted by Crippen LogP contribution is 2.12. The number of rotatable bonds is 6. The summed E-state index contributed by atoms with van der Waals surface area (Å²) >= 11 is 0. The standard InChI is InChI=1S/C21H20N2O2.ClH/c1-16(25-20-11-13-22-14-12-20)23-21(24)19-9-7-18(8-10-19)15-17-5-3-2-4-6-17;/h2-14,16H,15H2,1H3,(H,23,24);1H. The second-order valence-electron chi connectivity index (χ2n) is 5.78. The summed E-state index contributed by atoms with van der Waals surface area (Å²) in [5, 5.41) is 2.83. The van der Waals surface area contributed by atoms with Gasteiger partial charge in [0, 0.05) is 18.0 Å². The quantitative estimate of drug-likeness (QED) is 0.662. The molecule has 0 aliphatic carbocycles. The molecule has 1 N–H and O–H groups in total. The van der Waals surface area contributed by atoms with Gasteiger partial charge in [-0.25, -0.2) is 0 Å². The Morgan fingerprint density at radius 2 is 1.58 bits per heavy atom. The molecule has 3 aromatic rings. The van der Waals surface area contributed by atoms with Gasteiger partial charge in [0.25, 0.3) is 5.91 Å². The number of amides is 1. The maximum absolute atomic E-state index is 12.3. The molecule has 5 heteroatoms. The lowest BCUT2D eigenvalue weighted by molar-refractivity contribution is 0.0851. The van der Waals surface area contributed by atoms with Crippen molar-refractivity contribution in [3.63, 3.8) is 0 Å². The summed E-state index contributed by atoms with van der Waals surface area (Å²) in [6.07, 6.45) is 3.72. The minimum Gasteiger partial charge on any atom is -0.471 e. The third-order valence-corrected chi connectivity index (χ3v) is 3.76. The molecule has 0 bridgehead atoms. The number of carbonyl (C=O) groups is 1. The SMILES string of the molecule is CC(NC(=O)c1ccc(Cc2ccccc2)cc1)Oc1ccncc1.Cl. The van der Waals surface area contributed by atoms with E-state index in [9.17, 15) is 4.79 Å². The molecule has 0 fully saturated rings. The summed E-state index contributed by atoms with van der Waals surface area (Å²) in [7, 11) is 0. The minimum atomic E-state index is -0.432. The highest BCUT2D eigenvalue weighted by atomic mass is 35.5. The van der Waals surface area contributed by atoms with Crippen molar-refractivity contribution in [1.82, 2.24) is 10.3 Å². The van der Waals surface area contributed by atoms with Crippen LogP contribution < -0.4 is 10.1 Å². The Hall–Kier alpha value is -2.85. The first-order valence-corrected chi connectivity index (χ1v) is 8.21. The molecule has 4 nitrogen and oxygen atoms in total. The van der Waals surface area contributed by atoms with Crippen molar-refractivity contribution in [2.24, 2.45) is 0 Å². The van der Waals surface area contributed by atoms with Crippen molar-refractivity contribution < 1.29 is 9.53 Å². The van der Waals surface area contributed by atoms with Crippen LogP contribution in [-0.4, -0.2) is 17.1 Å². The van der Waals surface area contributed by atoms with Gasteiger partial charge >= 0.3 is 0 Å². The van der Waals surface area contributed by atoms with Gasteiger partial charge in [0.15, 0.2) is 6.23 Å². The van der Waals surface area contributed by atoms with Gasteiger partial charge in [0.1, 0.15) is 5.75 Å². The molecule has 1 unspecified atom stereocenters. The van der Waals surface area contributed by atoms with Crippen molar-refractivity contribution in [2.45, 2.75) is 19.6 Å². The molecule has 0 spiro atoms. The fraction of sp³-hybridized carbons (Fsp3) is 0.143. The Morgan fingerprint density at radius 3 is 2.23 bits per heavy atom. The highest BCUT2D eigenvalue weighted by molar-refractivity contribution is 5.94. The van der Waals surface area contributed by atoms with E-state index in [1.54, 1.807) is 31.5 Å². The Balaban J connectivity index is 0.00000243. The molecule has 1 atom stereocenters. The maximum Gasteiger partial charge on any atom is 0.254 e. The van der Waals surface area contributed by atoms with Crippen LogP contribution in [0.5, 0.6) is 5.75 Å². The van der Waals surface area contributed by atoms with Crippen LogP contribution in [0.2, 0.25) is 0 Å².